The number of amides is 1. The highest BCUT2D eigenvalue weighted by Crippen LogP contribution is 2.52. The highest BCUT2D eigenvalue weighted by molar-refractivity contribution is 5.87. The molecule has 3 fully saturated rings. The molecular formula is C14H21NO4. The summed E-state index contributed by atoms with van der Waals surface area (Å²) in [5.74, 6) is -0.641. The number of carboxylic acid groups (broad SMARTS) is 1. The van der Waals surface area contributed by atoms with E-state index in [1.165, 1.54) is 0 Å². The van der Waals surface area contributed by atoms with E-state index in [0.717, 1.165) is 19.3 Å². The van der Waals surface area contributed by atoms with Gasteiger partial charge in [-0.25, -0.2) is 0 Å². The van der Waals surface area contributed by atoms with Gasteiger partial charge >= 0.3 is 5.97 Å². The first-order valence-electron chi connectivity index (χ1n) is 7.15. The number of carbonyl (C=O) groups is 2. The quantitative estimate of drug-likeness (QED) is 0.832. The summed E-state index contributed by atoms with van der Waals surface area (Å²) in [4.78, 5) is 26.0. The minimum atomic E-state index is -0.766. The van der Waals surface area contributed by atoms with Gasteiger partial charge in [0.05, 0.1) is 12.0 Å². The van der Waals surface area contributed by atoms with E-state index in [1.807, 2.05) is 6.92 Å². The fraction of sp³-hybridized carbons (Fsp3) is 0.857. The van der Waals surface area contributed by atoms with Gasteiger partial charge in [0.25, 0.3) is 0 Å². The third kappa shape index (κ3) is 1.78. The Morgan fingerprint density at radius 3 is 2.63 bits per heavy atom. The maximum absolute atomic E-state index is 12.6. The lowest BCUT2D eigenvalue weighted by atomic mass is 9.74. The molecule has 3 rings (SSSR count). The summed E-state index contributed by atoms with van der Waals surface area (Å²) in [7, 11) is 0. The zero-order chi connectivity index (χ0) is 13.7. The van der Waals surface area contributed by atoms with E-state index in [4.69, 9.17) is 4.74 Å². The highest BCUT2D eigenvalue weighted by atomic mass is 16.5. The van der Waals surface area contributed by atoms with Crippen LogP contribution in [0.3, 0.4) is 0 Å². The first-order chi connectivity index (χ1) is 9.04. The Morgan fingerprint density at radius 1 is 1.37 bits per heavy atom. The Bertz CT molecular complexity index is 418. The largest absolute Gasteiger partial charge is 0.481 e. The van der Waals surface area contributed by atoms with Crippen molar-refractivity contribution in [3.63, 3.8) is 0 Å². The molecular weight excluding hydrogens is 246 g/mol. The molecule has 106 valence electrons. The fourth-order valence-electron chi connectivity index (χ4n) is 3.66. The van der Waals surface area contributed by atoms with Gasteiger partial charge in [-0.05, 0) is 25.7 Å². The van der Waals surface area contributed by atoms with Crippen molar-refractivity contribution in [1.29, 1.82) is 0 Å². The number of rotatable bonds is 3. The molecule has 5 nitrogen and oxygen atoms in total. The van der Waals surface area contributed by atoms with Crippen molar-refractivity contribution in [2.45, 2.75) is 32.6 Å². The van der Waals surface area contributed by atoms with Crippen LogP contribution in [0.15, 0.2) is 0 Å². The van der Waals surface area contributed by atoms with Crippen molar-refractivity contribution in [3.05, 3.63) is 0 Å². The van der Waals surface area contributed by atoms with Crippen LogP contribution in [0.4, 0.5) is 0 Å². The lowest BCUT2D eigenvalue weighted by Gasteiger charge is -2.34. The first-order valence-corrected chi connectivity index (χ1v) is 7.15. The summed E-state index contributed by atoms with van der Waals surface area (Å²) >= 11 is 0. The maximum atomic E-state index is 12.6. The Labute approximate surface area is 112 Å². The van der Waals surface area contributed by atoms with E-state index < -0.39 is 11.4 Å². The smallest absolute Gasteiger partial charge is 0.311 e. The van der Waals surface area contributed by atoms with Crippen molar-refractivity contribution in [2.24, 2.45) is 16.7 Å². The number of nitrogens with zero attached hydrogens (tertiary/aromatic N) is 1. The highest BCUT2D eigenvalue weighted by Gasteiger charge is 2.58. The van der Waals surface area contributed by atoms with E-state index in [9.17, 15) is 14.7 Å². The molecule has 1 amide bonds. The second-order valence-electron chi connectivity index (χ2n) is 6.30. The number of hydrogen-bond acceptors (Lipinski definition) is 3. The lowest BCUT2D eigenvalue weighted by Crippen LogP contribution is -2.45. The average Bonchev–Trinajstić information content (AvgIpc) is 3.10. The van der Waals surface area contributed by atoms with Crippen LogP contribution in [0.25, 0.3) is 0 Å². The third-order valence-electron chi connectivity index (χ3n) is 5.40. The molecule has 0 spiro atoms. The van der Waals surface area contributed by atoms with Gasteiger partial charge in [-0.15, -0.1) is 0 Å². The lowest BCUT2D eigenvalue weighted by molar-refractivity contribution is -0.157. The van der Waals surface area contributed by atoms with Gasteiger partial charge in [-0.2, -0.15) is 0 Å². The maximum Gasteiger partial charge on any atom is 0.311 e. The van der Waals surface area contributed by atoms with Gasteiger partial charge in [0.2, 0.25) is 5.91 Å². The number of hydrogen-bond donors (Lipinski definition) is 1. The van der Waals surface area contributed by atoms with Crippen molar-refractivity contribution in [1.82, 2.24) is 4.90 Å². The number of carbonyl (C=O) groups excluding carboxylic acids is 1. The van der Waals surface area contributed by atoms with Crippen molar-refractivity contribution < 1.29 is 19.4 Å². The number of aliphatic carboxylic acids is 1. The summed E-state index contributed by atoms with van der Waals surface area (Å²) < 4.78 is 5.41. The Kier molecular flexibility index (Phi) is 2.85. The molecule has 0 aromatic carbocycles. The molecule has 0 aromatic rings. The van der Waals surface area contributed by atoms with E-state index >= 15 is 0 Å². The first kappa shape index (κ1) is 12.9. The zero-order valence-corrected chi connectivity index (χ0v) is 11.4. The molecule has 19 heavy (non-hydrogen) atoms. The predicted molar refractivity (Wildman–Crippen MR) is 67.5 cm³/mol. The molecule has 2 saturated heterocycles. The van der Waals surface area contributed by atoms with Crippen LogP contribution in [-0.4, -0.2) is 48.2 Å². The summed E-state index contributed by atoms with van der Waals surface area (Å²) in [6.07, 6.45) is 3.31. The molecule has 2 heterocycles. The van der Waals surface area contributed by atoms with Crippen LogP contribution < -0.4 is 0 Å². The SMILES string of the molecule is CCC1(C(=O)N2C[C@H]3COCC[C@@]3(C(=O)O)C2)CC1. The van der Waals surface area contributed by atoms with Crippen LogP contribution in [-0.2, 0) is 14.3 Å². The number of carboxylic acids is 1. The molecule has 0 unspecified atom stereocenters. The second kappa shape index (κ2) is 4.20. The van der Waals surface area contributed by atoms with Gasteiger partial charge in [0.1, 0.15) is 0 Å². The molecule has 0 bridgehead atoms. The monoisotopic (exact) mass is 267 g/mol. The average molecular weight is 267 g/mol. The molecule has 0 aromatic heterocycles. The van der Waals surface area contributed by atoms with Gasteiger partial charge in [-0.3, -0.25) is 9.59 Å². The molecule has 2 atom stereocenters. The zero-order valence-electron chi connectivity index (χ0n) is 11.4. The topological polar surface area (TPSA) is 66.8 Å². The van der Waals surface area contributed by atoms with Gasteiger partial charge in [0, 0.05) is 31.0 Å². The number of likely N-dealkylation sites (tertiary alicyclic amines) is 1. The van der Waals surface area contributed by atoms with E-state index in [1.54, 1.807) is 4.90 Å². The summed E-state index contributed by atoms with van der Waals surface area (Å²) in [5.41, 5.74) is -0.939. The molecule has 2 aliphatic heterocycles. The van der Waals surface area contributed by atoms with E-state index in [-0.39, 0.29) is 17.2 Å². The molecule has 0 radical (unpaired) electrons. The van der Waals surface area contributed by atoms with Crippen LogP contribution >= 0.6 is 0 Å². The van der Waals surface area contributed by atoms with Crippen LogP contribution in [0, 0.1) is 16.7 Å². The minimum absolute atomic E-state index is 0.0460. The van der Waals surface area contributed by atoms with Crippen LogP contribution in [0.2, 0.25) is 0 Å². The predicted octanol–water partition coefficient (Wildman–Crippen LogP) is 1.13. The Hall–Kier alpha value is -1.10. The molecule has 1 saturated carbocycles. The number of ether oxygens (including phenoxy) is 1. The standard InChI is InChI=1S/C14H21NO4/c1-2-13(3-4-13)11(16)15-7-10-8-19-6-5-14(10,9-15)12(17)18/h10H,2-9H2,1H3,(H,17,18)/t10-,14+/m0/s1. The fourth-order valence-corrected chi connectivity index (χ4v) is 3.66. The second-order valence-corrected chi connectivity index (χ2v) is 6.30. The van der Waals surface area contributed by atoms with Gasteiger partial charge in [0.15, 0.2) is 0 Å². The molecule has 1 aliphatic carbocycles. The molecule has 1 N–H and O–H groups in total. The summed E-state index contributed by atoms with van der Waals surface area (Å²) in [6, 6.07) is 0. The van der Waals surface area contributed by atoms with Crippen LogP contribution in [0.1, 0.15) is 32.6 Å². The third-order valence-corrected chi connectivity index (χ3v) is 5.40. The molecule has 3 aliphatic rings. The van der Waals surface area contributed by atoms with E-state index in [2.05, 4.69) is 0 Å². The van der Waals surface area contributed by atoms with Crippen molar-refractivity contribution >= 4 is 11.9 Å². The Balaban J connectivity index is 1.81. The number of fused-ring (bicyclic) bond motifs is 1. The normalized spacial score (nSPS) is 35.8. The van der Waals surface area contributed by atoms with Gasteiger partial charge < -0.3 is 14.7 Å². The Morgan fingerprint density at radius 2 is 2.11 bits per heavy atom. The van der Waals surface area contributed by atoms with Gasteiger partial charge in [-0.1, -0.05) is 6.92 Å². The summed E-state index contributed by atoms with van der Waals surface area (Å²) in [6.45, 7) is 3.92. The van der Waals surface area contributed by atoms with Crippen molar-refractivity contribution in [3.8, 4) is 0 Å². The molecule has 5 heteroatoms. The van der Waals surface area contributed by atoms with E-state index in [0.29, 0.717) is 32.7 Å². The van der Waals surface area contributed by atoms with Crippen molar-refractivity contribution in [2.75, 3.05) is 26.3 Å². The van der Waals surface area contributed by atoms with Crippen LogP contribution in [0.5, 0.6) is 0 Å². The minimum Gasteiger partial charge on any atom is -0.481 e. The summed E-state index contributed by atoms with van der Waals surface area (Å²) in [5, 5.41) is 9.58.